The van der Waals surface area contributed by atoms with E-state index < -0.39 is 41.5 Å². The molecule has 0 N–H and O–H groups in total. The first-order valence-electron chi connectivity index (χ1n) is 12.9. The lowest BCUT2D eigenvalue weighted by Crippen LogP contribution is -2.38. The summed E-state index contributed by atoms with van der Waals surface area (Å²) in [5.74, 6) is -1.53. The molecule has 13 heteroatoms. The first kappa shape index (κ1) is 29.1. The van der Waals surface area contributed by atoms with Crippen LogP contribution in [0.5, 0.6) is 0 Å². The molecule has 43 heavy (non-hydrogen) atoms. The van der Waals surface area contributed by atoms with Crippen LogP contribution < -0.4 is 5.56 Å². The van der Waals surface area contributed by atoms with Crippen molar-refractivity contribution in [1.29, 1.82) is 5.26 Å². The van der Waals surface area contributed by atoms with Crippen LogP contribution in [0, 0.1) is 24.1 Å². The highest BCUT2D eigenvalue weighted by molar-refractivity contribution is 5.79. The number of hydrogen-bond acceptors (Lipinski definition) is 7. The molecule has 9 nitrogen and oxygen atoms in total. The molecule has 5 aromatic rings. The lowest BCUT2D eigenvalue weighted by atomic mass is 10.1. The van der Waals surface area contributed by atoms with Crippen molar-refractivity contribution < 1.29 is 26.9 Å². The highest BCUT2D eigenvalue weighted by Gasteiger charge is 2.35. The van der Waals surface area contributed by atoms with Gasteiger partial charge in [0.2, 0.25) is 5.91 Å². The molecule has 5 rings (SSSR count). The number of aryl methyl sites for hydroxylation is 1. The zero-order valence-electron chi connectivity index (χ0n) is 22.8. The van der Waals surface area contributed by atoms with Crippen LogP contribution in [0.3, 0.4) is 0 Å². The van der Waals surface area contributed by atoms with Gasteiger partial charge in [-0.15, -0.1) is 0 Å². The lowest BCUT2D eigenvalue weighted by molar-refractivity contribution is -0.140. The van der Waals surface area contributed by atoms with E-state index in [0.29, 0.717) is 34.8 Å². The lowest BCUT2D eigenvalue weighted by Gasteiger charge is -2.30. The Morgan fingerprint density at radius 2 is 1.88 bits per heavy atom. The van der Waals surface area contributed by atoms with Crippen molar-refractivity contribution in [1.82, 2.24) is 24.6 Å². The van der Waals surface area contributed by atoms with E-state index in [1.54, 1.807) is 44.2 Å². The van der Waals surface area contributed by atoms with E-state index in [1.807, 2.05) is 6.07 Å². The van der Waals surface area contributed by atoms with Gasteiger partial charge in [0.15, 0.2) is 5.65 Å². The number of rotatable bonds is 7. The molecule has 0 saturated carbocycles. The molecular formula is C30H22F4N6O3. The van der Waals surface area contributed by atoms with Gasteiger partial charge in [0.1, 0.15) is 23.1 Å². The number of halogens is 4. The molecule has 1 amide bonds. The third-order valence-corrected chi connectivity index (χ3v) is 6.79. The maximum Gasteiger partial charge on any atom is 0.419 e. The first-order chi connectivity index (χ1) is 20.5. The van der Waals surface area contributed by atoms with Gasteiger partial charge in [0.25, 0.3) is 5.56 Å². The summed E-state index contributed by atoms with van der Waals surface area (Å²) < 4.78 is 60.5. The first-order valence-corrected chi connectivity index (χ1v) is 12.9. The van der Waals surface area contributed by atoms with Crippen LogP contribution in [-0.4, -0.2) is 30.5 Å². The normalized spacial score (nSPS) is 12.2. The van der Waals surface area contributed by atoms with Crippen LogP contribution in [-0.2, 0) is 23.9 Å². The van der Waals surface area contributed by atoms with E-state index >= 15 is 0 Å². The van der Waals surface area contributed by atoms with Crippen molar-refractivity contribution in [2.75, 3.05) is 0 Å². The van der Waals surface area contributed by atoms with Crippen molar-refractivity contribution >= 4 is 16.9 Å². The summed E-state index contributed by atoms with van der Waals surface area (Å²) in [6.45, 7) is 3.11. The zero-order chi connectivity index (χ0) is 30.9. The van der Waals surface area contributed by atoms with E-state index in [1.165, 1.54) is 27.8 Å². The molecule has 3 heterocycles. The minimum Gasteiger partial charge on any atom is -0.361 e. The van der Waals surface area contributed by atoms with Gasteiger partial charge in [0, 0.05) is 12.3 Å². The number of nitriles is 1. The molecule has 0 aliphatic heterocycles. The second kappa shape index (κ2) is 11.5. The number of aromatic nitrogens is 4. The maximum absolute atomic E-state index is 13.9. The quantitative estimate of drug-likeness (QED) is 0.232. The molecule has 0 unspecified atom stereocenters. The number of alkyl halides is 3. The smallest absolute Gasteiger partial charge is 0.361 e. The molecule has 0 radical (unpaired) electrons. The van der Waals surface area contributed by atoms with E-state index in [0.717, 1.165) is 6.07 Å². The van der Waals surface area contributed by atoms with Gasteiger partial charge >= 0.3 is 6.18 Å². The summed E-state index contributed by atoms with van der Waals surface area (Å²) in [5, 5.41) is 13.4. The van der Waals surface area contributed by atoms with Crippen molar-refractivity contribution in [2.24, 2.45) is 0 Å². The summed E-state index contributed by atoms with van der Waals surface area (Å²) in [5.41, 5.74) is -0.843. The minimum absolute atomic E-state index is 0.0649. The summed E-state index contributed by atoms with van der Waals surface area (Å²) in [6.07, 6.45) is -4.01. The Hall–Kier alpha value is -5.38. The fourth-order valence-electron chi connectivity index (χ4n) is 4.67. The molecule has 3 aromatic heterocycles. The fourth-order valence-corrected chi connectivity index (χ4v) is 4.67. The van der Waals surface area contributed by atoms with E-state index in [-0.39, 0.29) is 29.0 Å². The summed E-state index contributed by atoms with van der Waals surface area (Å²) in [6, 6.07) is 14.3. The zero-order valence-corrected chi connectivity index (χ0v) is 22.8. The maximum atomic E-state index is 13.9. The van der Waals surface area contributed by atoms with Crippen LogP contribution in [0.2, 0.25) is 0 Å². The van der Waals surface area contributed by atoms with E-state index in [2.05, 4.69) is 15.1 Å². The van der Waals surface area contributed by atoms with Crippen molar-refractivity contribution in [2.45, 2.75) is 39.0 Å². The van der Waals surface area contributed by atoms with Gasteiger partial charge < -0.3 is 9.42 Å². The second-order valence-electron chi connectivity index (χ2n) is 9.76. The summed E-state index contributed by atoms with van der Waals surface area (Å²) >= 11 is 0. The van der Waals surface area contributed by atoms with Crippen LogP contribution in [0.1, 0.15) is 46.9 Å². The fraction of sp³-hybridized carbons (Fsp3) is 0.200. The van der Waals surface area contributed by atoms with E-state index in [9.17, 15) is 32.4 Å². The Kier molecular flexibility index (Phi) is 7.78. The Morgan fingerprint density at radius 3 is 2.53 bits per heavy atom. The Bertz CT molecular complexity index is 1930. The molecule has 0 spiro atoms. The highest BCUT2D eigenvalue weighted by Crippen LogP contribution is 2.32. The topological polar surface area (TPSA) is 118 Å². The molecule has 0 aliphatic carbocycles. The number of nitrogens with zero attached hydrogens (tertiary/aromatic N) is 6. The van der Waals surface area contributed by atoms with Gasteiger partial charge in [-0.1, -0.05) is 11.2 Å². The number of fused-ring (bicyclic) bond motifs is 1. The monoisotopic (exact) mass is 590 g/mol. The molecule has 2 aromatic carbocycles. The highest BCUT2D eigenvalue weighted by atomic mass is 19.4. The average molecular weight is 591 g/mol. The Balaban J connectivity index is 1.63. The van der Waals surface area contributed by atoms with Gasteiger partial charge in [-0.25, -0.2) is 14.4 Å². The molecule has 218 valence electrons. The third kappa shape index (κ3) is 5.99. The number of carbonyl (C=O) groups is 1. The van der Waals surface area contributed by atoms with Crippen LogP contribution in [0.4, 0.5) is 17.6 Å². The predicted molar refractivity (Wildman–Crippen MR) is 145 cm³/mol. The number of pyridine rings is 1. The summed E-state index contributed by atoms with van der Waals surface area (Å²) in [7, 11) is 0. The van der Waals surface area contributed by atoms with Gasteiger partial charge in [-0.2, -0.15) is 18.4 Å². The van der Waals surface area contributed by atoms with Crippen LogP contribution >= 0.6 is 0 Å². The Labute approximate surface area is 241 Å². The van der Waals surface area contributed by atoms with Crippen molar-refractivity contribution in [3.05, 3.63) is 117 Å². The SMILES string of the molecule is Cc1cc(CN(C(=O)Cc2ccc(F)c(C(F)(F)F)c2)[C@H](C)c2nc3ncccc3c(=O)n2-c2ccc(C#N)cc2)no1. The van der Waals surface area contributed by atoms with Crippen LogP contribution in [0.25, 0.3) is 16.7 Å². The Morgan fingerprint density at radius 1 is 1.14 bits per heavy atom. The molecule has 0 fully saturated rings. The standard InChI is InChI=1S/C30H22F4N6O3/c1-17-12-21(38-43-17)16-39(26(41)14-20-7-10-25(31)24(13-20)30(32,33)34)18(2)28-37-27-23(4-3-11-36-27)29(42)40(28)22-8-5-19(15-35)6-9-22/h3-13,18H,14,16H2,1-2H3/t18-/m1/s1. The van der Waals surface area contributed by atoms with Gasteiger partial charge in [-0.05, 0) is 67.9 Å². The van der Waals surface area contributed by atoms with E-state index in [4.69, 9.17) is 4.52 Å². The number of amides is 1. The predicted octanol–water partition coefficient (Wildman–Crippen LogP) is 5.44. The van der Waals surface area contributed by atoms with Crippen molar-refractivity contribution in [3.8, 4) is 11.8 Å². The second-order valence-corrected chi connectivity index (χ2v) is 9.76. The largest absolute Gasteiger partial charge is 0.419 e. The third-order valence-electron chi connectivity index (χ3n) is 6.79. The molecular weight excluding hydrogens is 568 g/mol. The number of benzene rings is 2. The average Bonchev–Trinajstić information content (AvgIpc) is 3.40. The number of carbonyl (C=O) groups excluding carboxylic acids is 1. The van der Waals surface area contributed by atoms with Crippen LogP contribution in [0.15, 0.2) is 76.2 Å². The molecule has 0 aliphatic rings. The minimum atomic E-state index is -4.95. The molecule has 1 atom stereocenters. The molecule has 0 bridgehead atoms. The summed E-state index contributed by atoms with van der Waals surface area (Å²) in [4.78, 5) is 37.7. The van der Waals surface area contributed by atoms with Crippen molar-refractivity contribution in [3.63, 3.8) is 0 Å². The number of hydrogen-bond donors (Lipinski definition) is 0. The van der Waals surface area contributed by atoms with Gasteiger partial charge in [0.05, 0.1) is 47.3 Å². The van der Waals surface area contributed by atoms with Gasteiger partial charge in [-0.3, -0.25) is 14.2 Å². The molecule has 0 saturated heterocycles.